The number of rotatable bonds is 2. The number of halogens is 3. The average Bonchev–Trinajstić information content (AvgIpc) is 2.10. The SMILES string of the molecule is O=C(O)/C=C/c1cc(Cl)c(Cl)c(Br)c1. The zero-order valence-corrected chi connectivity index (χ0v) is 9.90. The molecule has 74 valence electrons. The molecular weight excluding hydrogens is 291 g/mol. The maximum atomic E-state index is 10.3. The lowest BCUT2D eigenvalue weighted by molar-refractivity contribution is -0.131. The van der Waals surface area contributed by atoms with Gasteiger partial charge in [-0.1, -0.05) is 23.2 Å². The molecule has 0 bridgehead atoms. The molecule has 0 atom stereocenters. The number of carbonyl (C=O) groups is 1. The lowest BCUT2D eigenvalue weighted by Crippen LogP contribution is -1.86. The fourth-order valence-corrected chi connectivity index (χ4v) is 1.77. The van der Waals surface area contributed by atoms with Crippen molar-refractivity contribution in [1.29, 1.82) is 0 Å². The van der Waals surface area contributed by atoms with Gasteiger partial charge in [0.15, 0.2) is 0 Å². The second-order valence-electron chi connectivity index (χ2n) is 2.47. The third-order valence-electron chi connectivity index (χ3n) is 1.42. The average molecular weight is 296 g/mol. The second kappa shape index (κ2) is 4.82. The molecule has 0 aliphatic heterocycles. The van der Waals surface area contributed by atoms with E-state index in [1.165, 1.54) is 6.08 Å². The molecule has 1 aromatic carbocycles. The van der Waals surface area contributed by atoms with E-state index in [-0.39, 0.29) is 0 Å². The van der Waals surface area contributed by atoms with Crippen molar-refractivity contribution in [2.24, 2.45) is 0 Å². The van der Waals surface area contributed by atoms with Crippen LogP contribution in [0.4, 0.5) is 0 Å². The van der Waals surface area contributed by atoms with E-state index in [1.54, 1.807) is 12.1 Å². The summed E-state index contributed by atoms with van der Waals surface area (Å²) in [4.78, 5) is 10.3. The first-order chi connectivity index (χ1) is 6.50. The lowest BCUT2D eigenvalue weighted by Gasteiger charge is -2.00. The van der Waals surface area contributed by atoms with Crippen LogP contribution in [-0.2, 0) is 4.79 Å². The molecule has 0 saturated heterocycles. The molecule has 1 aromatic rings. The number of carboxylic acids is 1. The molecule has 0 spiro atoms. The normalized spacial score (nSPS) is 10.8. The summed E-state index contributed by atoms with van der Waals surface area (Å²) in [5.41, 5.74) is 0.675. The smallest absolute Gasteiger partial charge is 0.328 e. The van der Waals surface area contributed by atoms with Gasteiger partial charge in [0, 0.05) is 10.5 Å². The standard InChI is InChI=1S/C9H5BrCl2O2/c10-6-3-5(1-2-8(13)14)4-7(11)9(6)12/h1-4H,(H,13,14)/b2-1+. The number of hydrogen-bond acceptors (Lipinski definition) is 1. The van der Waals surface area contributed by atoms with Gasteiger partial charge < -0.3 is 5.11 Å². The quantitative estimate of drug-likeness (QED) is 0.664. The van der Waals surface area contributed by atoms with Gasteiger partial charge in [-0.05, 0) is 39.7 Å². The molecule has 1 rings (SSSR count). The van der Waals surface area contributed by atoms with Gasteiger partial charge in [0.1, 0.15) is 0 Å². The van der Waals surface area contributed by atoms with Crippen LogP contribution in [-0.4, -0.2) is 11.1 Å². The van der Waals surface area contributed by atoms with Gasteiger partial charge in [0.05, 0.1) is 10.0 Å². The van der Waals surface area contributed by atoms with Gasteiger partial charge in [-0.2, -0.15) is 0 Å². The Morgan fingerprint density at radius 2 is 2.07 bits per heavy atom. The van der Waals surface area contributed by atoms with E-state index in [2.05, 4.69) is 15.9 Å². The van der Waals surface area contributed by atoms with E-state index < -0.39 is 5.97 Å². The molecule has 5 heteroatoms. The van der Waals surface area contributed by atoms with Gasteiger partial charge >= 0.3 is 5.97 Å². The van der Waals surface area contributed by atoms with Crippen molar-refractivity contribution in [3.8, 4) is 0 Å². The van der Waals surface area contributed by atoms with Crippen LogP contribution in [0.2, 0.25) is 10.0 Å². The highest BCUT2D eigenvalue weighted by Crippen LogP contribution is 2.31. The van der Waals surface area contributed by atoms with Crippen molar-refractivity contribution in [3.05, 3.63) is 38.3 Å². The summed E-state index contributed by atoms with van der Waals surface area (Å²) in [5.74, 6) is -1.01. The monoisotopic (exact) mass is 294 g/mol. The summed E-state index contributed by atoms with van der Waals surface area (Å²) < 4.78 is 0.636. The van der Waals surface area contributed by atoms with Gasteiger partial charge in [-0.3, -0.25) is 0 Å². The van der Waals surface area contributed by atoms with Crippen molar-refractivity contribution in [2.45, 2.75) is 0 Å². The molecule has 2 nitrogen and oxygen atoms in total. The summed E-state index contributed by atoms with van der Waals surface area (Å²) in [5, 5.41) is 9.21. The minimum Gasteiger partial charge on any atom is -0.478 e. The van der Waals surface area contributed by atoms with Crippen LogP contribution in [0.1, 0.15) is 5.56 Å². The number of hydrogen-bond donors (Lipinski definition) is 1. The molecule has 0 saturated carbocycles. The first-order valence-corrected chi connectivity index (χ1v) is 5.11. The third kappa shape index (κ3) is 3.01. The zero-order chi connectivity index (χ0) is 10.7. The Hall–Kier alpha value is -0.510. The maximum Gasteiger partial charge on any atom is 0.328 e. The molecule has 0 aliphatic carbocycles. The molecular formula is C9H5BrCl2O2. The van der Waals surface area contributed by atoms with Crippen molar-refractivity contribution in [2.75, 3.05) is 0 Å². The minimum absolute atomic E-state index is 0.381. The lowest BCUT2D eigenvalue weighted by atomic mass is 10.2. The summed E-state index contributed by atoms with van der Waals surface area (Å²) in [6.07, 6.45) is 2.47. The summed E-state index contributed by atoms with van der Waals surface area (Å²) in [6.45, 7) is 0. The fraction of sp³-hybridized carbons (Fsp3) is 0. The molecule has 0 aromatic heterocycles. The fourth-order valence-electron chi connectivity index (χ4n) is 0.839. The van der Waals surface area contributed by atoms with Crippen LogP contribution < -0.4 is 0 Å². The summed E-state index contributed by atoms with van der Waals surface area (Å²) in [7, 11) is 0. The molecule has 0 heterocycles. The highest BCUT2D eigenvalue weighted by molar-refractivity contribution is 9.10. The van der Waals surface area contributed by atoms with Crippen LogP contribution in [0.15, 0.2) is 22.7 Å². The molecule has 0 aliphatic rings. The third-order valence-corrected chi connectivity index (χ3v) is 3.08. The van der Waals surface area contributed by atoms with Crippen molar-refractivity contribution >= 4 is 51.2 Å². The molecule has 1 N–H and O–H groups in total. The van der Waals surface area contributed by atoms with E-state index in [9.17, 15) is 4.79 Å². The van der Waals surface area contributed by atoms with Crippen LogP contribution >= 0.6 is 39.1 Å². The Labute approximate surface area is 99.3 Å². The first kappa shape index (κ1) is 11.6. The Balaban J connectivity index is 3.07. The van der Waals surface area contributed by atoms with E-state index >= 15 is 0 Å². The Morgan fingerprint density at radius 1 is 1.43 bits per heavy atom. The van der Waals surface area contributed by atoms with E-state index in [1.807, 2.05) is 0 Å². The Kier molecular flexibility index (Phi) is 3.98. The van der Waals surface area contributed by atoms with Crippen LogP contribution in [0.25, 0.3) is 6.08 Å². The topological polar surface area (TPSA) is 37.3 Å². The van der Waals surface area contributed by atoms with Crippen molar-refractivity contribution < 1.29 is 9.90 Å². The van der Waals surface area contributed by atoms with Gasteiger partial charge in [0.2, 0.25) is 0 Å². The van der Waals surface area contributed by atoms with Crippen LogP contribution in [0, 0.1) is 0 Å². The number of benzene rings is 1. The molecule has 14 heavy (non-hydrogen) atoms. The molecule has 0 radical (unpaired) electrons. The molecule has 0 amide bonds. The van der Waals surface area contributed by atoms with E-state index in [0.717, 1.165) is 6.08 Å². The van der Waals surface area contributed by atoms with Gasteiger partial charge in [0.25, 0.3) is 0 Å². The summed E-state index contributed by atoms with van der Waals surface area (Å²) >= 11 is 14.8. The van der Waals surface area contributed by atoms with Gasteiger partial charge in [-0.25, -0.2) is 4.79 Å². The zero-order valence-electron chi connectivity index (χ0n) is 6.80. The van der Waals surface area contributed by atoms with Crippen molar-refractivity contribution in [1.82, 2.24) is 0 Å². The van der Waals surface area contributed by atoms with Crippen LogP contribution in [0.3, 0.4) is 0 Å². The van der Waals surface area contributed by atoms with Crippen molar-refractivity contribution in [3.63, 3.8) is 0 Å². The Bertz CT molecular complexity index is 379. The molecule has 0 fully saturated rings. The first-order valence-electron chi connectivity index (χ1n) is 3.56. The highest BCUT2D eigenvalue weighted by atomic mass is 79.9. The van der Waals surface area contributed by atoms with Crippen LogP contribution in [0.5, 0.6) is 0 Å². The minimum atomic E-state index is -1.01. The predicted molar refractivity (Wildman–Crippen MR) is 60.8 cm³/mol. The molecule has 0 unspecified atom stereocenters. The van der Waals surface area contributed by atoms with E-state index in [0.29, 0.717) is 20.1 Å². The Morgan fingerprint density at radius 3 is 2.57 bits per heavy atom. The highest BCUT2D eigenvalue weighted by Gasteiger charge is 2.03. The number of aliphatic carboxylic acids is 1. The maximum absolute atomic E-state index is 10.3. The second-order valence-corrected chi connectivity index (χ2v) is 4.11. The van der Waals surface area contributed by atoms with E-state index in [4.69, 9.17) is 28.3 Å². The largest absolute Gasteiger partial charge is 0.478 e. The number of carboxylic acid groups (broad SMARTS) is 1. The predicted octanol–water partition coefficient (Wildman–Crippen LogP) is 3.85. The summed E-state index contributed by atoms with van der Waals surface area (Å²) in [6, 6.07) is 3.28. The van der Waals surface area contributed by atoms with Gasteiger partial charge in [-0.15, -0.1) is 0 Å².